The van der Waals surface area contributed by atoms with Crippen LogP contribution in [0.25, 0.3) is 0 Å². The summed E-state index contributed by atoms with van der Waals surface area (Å²) in [4.78, 5) is 61.6. The number of hydrogen-bond donors (Lipinski definition) is 8. The molecule has 0 aromatic heterocycles. The van der Waals surface area contributed by atoms with Crippen LogP contribution < -0.4 is 42.5 Å². The van der Waals surface area contributed by atoms with Crippen LogP contribution in [-0.4, -0.2) is 122 Å². The fraction of sp³-hybridized carbons (Fsp3) is 0.611. The summed E-state index contributed by atoms with van der Waals surface area (Å²) in [5, 5.41) is 24.3. The van der Waals surface area contributed by atoms with Gasteiger partial charge in [0.1, 0.15) is 0 Å². The maximum absolute atomic E-state index is 12.8. The van der Waals surface area contributed by atoms with Gasteiger partial charge in [0.2, 0.25) is 0 Å². The largest absolute Gasteiger partial charge is 0.338 e. The van der Waals surface area contributed by atoms with E-state index in [1.807, 2.05) is 48.5 Å². The van der Waals surface area contributed by atoms with E-state index in [-0.39, 0.29) is 24.1 Å². The van der Waals surface area contributed by atoms with Gasteiger partial charge >= 0.3 is 24.1 Å². The monoisotopic (exact) mass is 1210 g/mol. The van der Waals surface area contributed by atoms with Crippen molar-refractivity contribution in [1.29, 1.82) is 0 Å². The highest BCUT2D eigenvalue weighted by molar-refractivity contribution is 5.90. The highest BCUT2D eigenvalue weighted by atomic mass is 16.2. The number of hydrogen-bond acceptors (Lipinski definition) is 8. The van der Waals surface area contributed by atoms with Crippen LogP contribution in [-0.2, 0) is 26.2 Å². The Morgan fingerprint density at radius 2 is 0.432 bits per heavy atom. The molecule has 0 atom stereocenters. The van der Waals surface area contributed by atoms with E-state index >= 15 is 0 Å². The predicted octanol–water partition coefficient (Wildman–Crippen LogP) is 15.9. The van der Waals surface area contributed by atoms with Crippen molar-refractivity contribution in [2.45, 2.75) is 208 Å². The second-order valence-corrected chi connectivity index (χ2v) is 24.5. The third-order valence-electron chi connectivity index (χ3n) is 16.7. The molecule has 16 heteroatoms. The molecule has 0 radical (unpaired) electrons. The number of anilines is 4. The number of carbonyl (C=O) groups is 4. The summed E-state index contributed by atoms with van der Waals surface area (Å²) in [6.45, 7) is 21.4. The molecule has 1 aliphatic heterocycles. The molecule has 8 amide bonds. The molecule has 4 aromatic carbocycles. The van der Waals surface area contributed by atoms with Gasteiger partial charge < -0.3 is 42.5 Å². The van der Waals surface area contributed by atoms with Gasteiger partial charge in [0.15, 0.2) is 0 Å². The third-order valence-corrected chi connectivity index (χ3v) is 16.7. The van der Waals surface area contributed by atoms with Gasteiger partial charge in [-0.2, -0.15) is 0 Å². The highest BCUT2D eigenvalue weighted by Crippen LogP contribution is 2.19. The molecule has 0 bridgehead atoms. The van der Waals surface area contributed by atoms with Gasteiger partial charge in [-0.25, -0.2) is 19.2 Å². The van der Waals surface area contributed by atoms with Crippen molar-refractivity contribution in [2.75, 3.05) is 99.8 Å². The van der Waals surface area contributed by atoms with Gasteiger partial charge in [-0.3, -0.25) is 19.6 Å². The van der Waals surface area contributed by atoms with E-state index in [0.717, 1.165) is 153 Å². The Kier molecular flexibility index (Phi) is 37.9. The molecule has 4 aromatic rings. The number of nitrogens with one attached hydrogen (secondary N) is 8. The summed E-state index contributed by atoms with van der Waals surface area (Å²) in [5.74, 6) is 0. The van der Waals surface area contributed by atoms with Gasteiger partial charge in [-0.15, -0.1) is 0 Å². The molecule has 16 nitrogen and oxygen atoms in total. The number of carbonyl (C=O) groups excluding carboxylic acids is 4. The number of nitrogens with zero attached hydrogens (tertiary/aromatic N) is 4. The molecule has 88 heavy (non-hydrogen) atoms. The quantitative estimate of drug-likeness (QED) is 0.0203. The van der Waals surface area contributed by atoms with Crippen molar-refractivity contribution in [3.8, 4) is 0 Å². The van der Waals surface area contributed by atoms with Crippen molar-refractivity contribution in [1.82, 2.24) is 40.9 Å². The van der Waals surface area contributed by atoms with Crippen molar-refractivity contribution in [2.24, 2.45) is 0 Å². The molecule has 1 saturated heterocycles. The molecule has 0 spiro atoms. The molecular formula is C72H116N12O4. The van der Waals surface area contributed by atoms with Crippen LogP contribution in [0, 0.1) is 0 Å². The lowest BCUT2D eigenvalue weighted by Crippen LogP contribution is -2.45. The Morgan fingerprint density at radius 1 is 0.261 bits per heavy atom. The van der Waals surface area contributed by atoms with Crippen molar-refractivity contribution in [3.63, 3.8) is 0 Å². The highest BCUT2D eigenvalue weighted by Gasteiger charge is 2.19. The Labute approximate surface area is 531 Å². The van der Waals surface area contributed by atoms with Crippen molar-refractivity contribution in [3.05, 3.63) is 119 Å². The van der Waals surface area contributed by atoms with E-state index < -0.39 is 0 Å². The topological polar surface area (TPSA) is 177 Å². The minimum Gasteiger partial charge on any atom is -0.338 e. The second kappa shape index (κ2) is 46.0. The number of amides is 8. The Hall–Kier alpha value is -6.20. The maximum Gasteiger partial charge on any atom is 0.319 e. The molecular weight excluding hydrogens is 1100 g/mol. The minimum atomic E-state index is -0.168. The van der Waals surface area contributed by atoms with Gasteiger partial charge in [-0.05, 0) is 96.5 Å². The summed E-state index contributed by atoms with van der Waals surface area (Å²) in [6, 6.07) is 32.5. The first-order valence-corrected chi connectivity index (χ1v) is 34.6. The molecule has 0 unspecified atom stereocenters. The SMILES string of the molecule is CCCCCCCCNC(=O)Nc1ccc(CN2CCN(Cc3ccc(NC(=O)NCCCCCCCC)cc3)CCN(Cc3ccc(NC(=O)NCCCCCCCC)cc3)CCN(Cc3ccc(NC(=O)NCCCCCCCC)cc3)CC2)cc1. The van der Waals surface area contributed by atoms with Crippen LogP contribution in [0.15, 0.2) is 97.1 Å². The van der Waals surface area contributed by atoms with Crippen LogP contribution in [0.2, 0.25) is 0 Å². The van der Waals surface area contributed by atoms with Crippen LogP contribution >= 0.6 is 0 Å². The average Bonchev–Trinajstić information content (AvgIpc) is 3.70. The van der Waals surface area contributed by atoms with Gasteiger partial charge in [-0.1, -0.05) is 205 Å². The molecule has 1 heterocycles. The van der Waals surface area contributed by atoms with E-state index in [1.165, 1.54) is 125 Å². The second-order valence-electron chi connectivity index (χ2n) is 24.5. The Bertz CT molecular complexity index is 2100. The van der Waals surface area contributed by atoms with E-state index in [4.69, 9.17) is 0 Å². The lowest BCUT2D eigenvalue weighted by molar-refractivity contribution is 0.122. The molecule has 1 aliphatic rings. The van der Waals surface area contributed by atoms with Crippen molar-refractivity contribution < 1.29 is 19.2 Å². The summed E-state index contributed by atoms with van der Waals surface area (Å²) in [6.07, 6.45) is 28.3. The Balaban J connectivity index is 1.30. The predicted molar refractivity (Wildman–Crippen MR) is 368 cm³/mol. The molecule has 8 N–H and O–H groups in total. The minimum absolute atomic E-state index is 0.168. The van der Waals surface area contributed by atoms with Gasteiger partial charge in [0.25, 0.3) is 0 Å². The summed E-state index contributed by atoms with van der Waals surface area (Å²) >= 11 is 0. The summed E-state index contributed by atoms with van der Waals surface area (Å²) < 4.78 is 0. The Morgan fingerprint density at radius 3 is 0.614 bits per heavy atom. The van der Waals surface area contributed by atoms with E-state index in [0.29, 0.717) is 26.2 Å². The van der Waals surface area contributed by atoms with Gasteiger partial charge in [0.05, 0.1) is 0 Å². The average molecular weight is 1210 g/mol. The maximum atomic E-state index is 12.8. The van der Waals surface area contributed by atoms with Crippen LogP contribution in [0.1, 0.15) is 204 Å². The fourth-order valence-electron chi connectivity index (χ4n) is 11.1. The zero-order valence-corrected chi connectivity index (χ0v) is 54.9. The summed E-state index contributed by atoms with van der Waals surface area (Å²) in [7, 11) is 0. The zero-order chi connectivity index (χ0) is 62.5. The molecule has 1 fully saturated rings. The lowest BCUT2D eigenvalue weighted by Gasteiger charge is -2.34. The molecule has 5 rings (SSSR count). The van der Waals surface area contributed by atoms with Crippen LogP contribution in [0.5, 0.6) is 0 Å². The van der Waals surface area contributed by atoms with E-state index in [9.17, 15) is 19.2 Å². The standard InChI is InChI=1S/C72H116N12O4/c1-5-9-13-17-21-25-45-73-69(85)77-65-37-29-61(30-38-65)57-81-49-51-82(58-62-31-39-66(40-32-62)78-70(86)74-46-26-22-18-14-10-6-2)53-55-84(60-64-35-43-68(44-36-64)80-72(88)76-48-28-24-20-16-12-8-4)56-54-83(52-50-81)59-63-33-41-67(42-34-63)79-71(87)75-47-27-23-19-15-11-7-3/h29-44H,5-28,45-60H2,1-4H3,(H2,73,77,85)(H2,74,78,86)(H2,75,79,87)(H2,76,80,88). The normalized spacial score (nSPS) is 13.9. The van der Waals surface area contributed by atoms with Crippen molar-refractivity contribution >= 4 is 46.9 Å². The first-order chi connectivity index (χ1) is 43.1. The molecule has 0 saturated carbocycles. The summed E-state index contributed by atoms with van der Waals surface area (Å²) in [5.41, 5.74) is 7.84. The van der Waals surface area contributed by atoms with Crippen LogP contribution in [0.3, 0.4) is 0 Å². The smallest absolute Gasteiger partial charge is 0.319 e. The molecule has 0 aliphatic carbocycles. The zero-order valence-electron chi connectivity index (χ0n) is 54.9. The fourth-order valence-corrected chi connectivity index (χ4v) is 11.1. The first kappa shape index (κ1) is 72.5. The van der Waals surface area contributed by atoms with E-state index in [2.05, 4.69) is 138 Å². The van der Waals surface area contributed by atoms with Gasteiger partial charge in [0, 0.05) is 127 Å². The number of benzene rings is 4. The first-order valence-electron chi connectivity index (χ1n) is 34.6. The van der Waals surface area contributed by atoms with E-state index in [1.54, 1.807) is 0 Å². The number of urea groups is 4. The molecule has 488 valence electrons. The van der Waals surface area contributed by atoms with Crippen LogP contribution in [0.4, 0.5) is 41.9 Å². The third kappa shape index (κ3) is 33.4. The number of rotatable bonds is 40. The number of unbranched alkanes of at least 4 members (excludes halogenated alkanes) is 20. The lowest BCUT2D eigenvalue weighted by atomic mass is 10.1.